The molecule has 1 heterocycles. The fourth-order valence-electron chi connectivity index (χ4n) is 2.31. The van der Waals surface area contributed by atoms with Gasteiger partial charge in [0.25, 0.3) is 0 Å². The molecule has 0 bridgehead atoms. The van der Waals surface area contributed by atoms with E-state index >= 15 is 0 Å². The molecule has 0 atom stereocenters. The van der Waals surface area contributed by atoms with Gasteiger partial charge in [0.15, 0.2) is 0 Å². The molecule has 0 radical (unpaired) electrons. The summed E-state index contributed by atoms with van der Waals surface area (Å²) in [6.45, 7) is 4.59. The average Bonchev–Trinajstić information content (AvgIpc) is 2.76. The summed E-state index contributed by atoms with van der Waals surface area (Å²) in [6.07, 6.45) is 2.72. The van der Waals surface area contributed by atoms with Crippen molar-refractivity contribution in [2.24, 2.45) is 5.92 Å². The number of carboxylic acids is 1. The molecular formula is C16H17Cl2NO2. The molecule has 0 unspecified atom stereocenters. The van der Waals surface area contributed by atoms with Crippen LogP contribution in [0.1, 0.15) is 35.5 Å². The van der Waals surface area contributed by atoms with E-state index in [9.17, 15) is 9.90 Å². The minimum atomic E-state index is -0.942. The standard InChI is InChI=1S/C16H17Cl2NO2/c1-10(2)5-11-6-15(16(20)21)19(8-11)9-12-7-13(17)3-4-14(12)18/h3-4,6-8,10H,5,9H2,1-2H3,(H,20,21). The Morgan fingerprint density at radius 2 is 2.00 bits per heavy atom. The van der Waals surface area contributed by atoms with Gasteiger partial charge < -0.3 is 9.67 Å². The Bertz CT molecular complexity index is 662. The van der Waals surface area contributed by atoms with E-state index in [2.05, 4.69) is 13.8 Å². The van der Waals surface area contributed by atoms with Gasteiger partial charge in [0.1, 0.15) is 5.69 Å². The van der Waals surface area contributed by atoms with Crippen molar-refractivity contribution in [3.8, 4) is 0 Å². The van der Waals surface area contributed by atoms with E-state index in [4.69, 9.17) is 23.2 Å². The zero-order valence-electron chi connectivity index (χ0n) is 11.9. The second kappa shape index (κ2) is 6.54. The Morgan fingerprint density at radius 3 is 2.62 bits per heavy atom. The Morgan fingerprint density at radius 1 is 1.29 bits per heavy atom. The van der Waals surface area contributed by atoms with Crippen molar-refractivity contribution >= 4 is 29.2 Å². The Labute approximate surface area is 134 Å². The summed E-state index contributed by atoms with van der Waals surface area (Å²) in [6, 6.07) is 6.92. The summed E-state index contributed by atoms with van der Waals surface area (Å²) in [4.78, 5) is 11.4. The highest BCUT2D eigenvalue weighted by atomic mass is 35.5. The molecular weight excluding hydrogens is 309 g/mol. The molecule has 3 nitrogen and oxygen atoms in total. The van der Waals surface area contributed by atoms with Gasteiger partial charge in [-0.1, -0.05) is 37.0 Å². The Kier molecular flexibility index (Phi) is 4.96. The van der Waals surface area contributed by atoms with Crippen LogP contribution in [0.2, 0.25) is 10.0 Å². The van der Waals surface area contributed by atoms with Crippen LogP contribution in [0.4, 0.5) is 0 Å². The Hall–Kier alpha value is -1.45. The normalized spacial score (nSPS) is 11.1. The largest absolute Gasteiger partial charge is 0.477 e. The SMILES string of the molecule is CC(C)Cc1cc(C(=O)O)n(Cc2cc(Cl)ccc2Cl)c1. The monoisotopic (exact) mass is 325 g/mol. The minimum Gasteiger partial charge on any atom is -0.477 e. The number of carboxylic acid groups (broad SMARTS) is 1. The summed E-state index contributed by atoms with van der Waals surface area (Å²) in [5.41, 5.74) is 2.08. The molecule has 0 spiro atoms. The lowest BCUT2D eigenvalue weighted by Gasteiger charge is -2.09. The van der Waals surface area contributed by atoms with Gasteiger partial charge in [-0.15, -0.1) is 0 Å². The zero-order valence-corrected chi connectivity index (χ0v) is 13.4. The van der Waals surface area contributed by atoms with Crippen molar-refractivity contribution in [1.29, 1.82) is 0 Å². The van der Waals surface area contributed by atoms with Crippen LogP contribution in [0.25, 0.3) is 0 Å². The minimum absolute atomic E-state index is 0.265. The average molecular weight is 326 g/mol. The topological polar surface area (TPSA) is 42.2 Å². The number of aromatic carboxylic acids is 1. The van der Waals surface area contributed by atoms with Crippen molar-refractivity contribution in [3.05, 3.63) is 57.3 Å². The lowest BCUT2D eigenvalue weighted by Crippen LogP contribution is -2.08. The molecule has 112 valence electrons. The molecule has 5 heteroatoms. The zero-order chi connectivity index (χ0) is 15.6. The predicted octanol–water partition coefficient (Wildman–Crippen LogP) is 4.74. The van der Waals surface area contributed by atoms with Gasteiger partial charge in [0.05, 0.1) is 0 Å². The molecule has 0 fully saturated rings. The molecule has 21 heavy (non-hydrogen) atoms. The summed E-state index contributed by atoms with van der Waals surface area (Å²) < 4.78 is 1.71. The highest BCUT2D eigenvalue weighted by Gasteiger charge is 2.14. The maximum atomic E-state index is 11.4. The quantitative estimate of drug-likeness (QED) is 0.862. The molecule has 0 saturated heterocycles. The maximum Gasteiger partial charge on any atom is 0.352 e. The molecule has 0 saturated carbocycles. The summed E-state index contributed by atoms with van der Waals surface area (Å²) >= 11 is 12.1. The van der Waals surface area contributed by atoms with Crippen molar-refractivity contribution in [1.82, 2.24) is 4.57 Å². The van der Waals surface area contributed by atoms with Crippen molar-refractivity contribution in [2.45, 2.75) is 26.8 Å². The number of rotatable bonds is 5. The van der Waals surface area contributed by atoms with Crippen LogP contribution in [0.3, 0.4) is 0 Å². The number of aromatic nitrogens is 1. The molecule has 2 aromatic rings. The molecule has 1 N–H and O–H groups in total. The van der Waals surface area contributed by atoms with Crippen LogP contribution in [0, 0.1) is 5.92 Å². The van der Waals surface area contributed by atoms with Gasteiger partial charge in [-0.3, -0.25) is 0 Å². The second-order valence-electron chi connectivity index (χ2n) is 5.50. The number of hydrogen-bond acceptors (Lipinski definition) is 1. The van der Waals surface area contributed by atoms with E-state index < -0.39 is 5.97 Å². The first kappa shape index (κ1) is 15.9. The highest BCUT2D eigenvalue weighted by Crippen LogP contribution is 2.23. The van der Waals surface area contributed by atoms with Crippen molar-refractivity contribution in [3.63, 3.8) is 0 Å². The van der Waals surface area contributed by atoms with E-state index in [-0.39, 0.29) is 5.69 Å². The maximum absolute atomic E-state index is 11.4. The van der Waals surface area contributed by atoms with E-state index in [0.717, 1.165) is 17.5 Å². The third kappa shape index (κ3) is 4.02. The van der Waals surface area contributed by atoms with Crippen LogP contribution in [-0.2, 0) is 13.0 Å². The smallest absolute Gasteiger partial charge is 0.352 e. The molecule has 0 amide bonds. The molecule has 1 aromatic heterocycles. The summed E-state index contributed by atoms with van der Waals surface area (Å²) in [5.74, 6) is -0.472. The molecule has 0 aliphatic heterocycles. The number of benzene rings is 1. The van der Waals surface area contributed by atoms with Gasteiger partial charge in [-0.2, -0.15) is 0 Å². The van der Waals surface area contributed by atoms with Crippen LogP contribution in [0.15, 0.2) is 30.5 Å². The van der Waals surface area contributed by atoms with Crippen LogP contribution < -0.4 is 0 Å². The fourth-order valence-corrected chi connectivity index (χ4v) is 2.68. The third-order valence-electron chi connectivity index (χ3n) is 3.16. The molecule has 0 aliphatic rings. The van der Waals surface area contributed by atoms with Gasteiger partial charge in [-0.05, 0) is 47.7 Å². The van der Waals surface area contributed by atoms with Crippen LogP contribution >= 0.6 is 23.2 Å². The molecule has 0 aliphatic carbocycles. The Balaban J connectivity index is 2.36. The van der Waals surface area contributed by atoms with Crippen LogP contribution in [0.5, 0.6) is 0 Å². The predicted molar refractivity (Wildman–Crippen MR) is 85.5 cm³/mol. The summed E-state index contributed by atoms with van der Waals surface area (Å²) in [5, 5.41) is 10.5. The van der Waals surface area contributed by atoms with Gasteiger partial charge >= 0.3 is 5.97 Å². The lowest BCUT2D eigenvalue weighted by atomic mass is 10.1. The number of halogens is 2. The molecule has 2 rings (SSSR count). The number of nitrogens with zero attached hydrogens (tertiary/aromatic N) is 1. The van der Waals surface area contributed by atoms with Crippen LogP contribution in [-0.4, -0.2) is 15.6 Å². The van der Waals surface area contributed by atoms with E-state index in [1.54, 1.807) is 28.8 Å². The van der Waals surface area contributed by atoms with E-state index in [1.165, 1.54) is 0 Å². The molecule has 1 aromatic carbocycles. The second-order valence-corrected chi connectivity index (χ2v) is 6.34. The van der Waals surface area contributed by atoms with Crippen molar-refractivity contribution in [2.75, 3.05) is 0 Å². The highest BCUT2D eigenvalue weighted by molar-refractivity contribution is 6.33. The van der Waals surface area contributed by atoms with Gasteiger partial charge in [-0.25, -0.2) is 4.79 Å². The van der Waals surface area contributed by atoms with Gasteiger partial charge in [0.2, 0.25) is 0 Å². The van der Waals surface area contributed by atoms with E-state index in [1.807, 2.05) is 6.20 Å². The first-order valence-corrected chi connectivity index (χ1v) is 7.48. The third-order valence-corrected chi connectivity index (χ3v) is 3.77. The van der Waals surface area contributed by atoms with E-state index in [0.29, 0.717) is 22.5 Å². The number of carbonyl (C=O) groups is 1. The first-order chi connectivity index (χ1) is 9.86. The first-order valence-electron chi connectivity index (χ1n) is 6.73. The van der Waals surface area contributed by atoms with Crippen molar-refractivity contribution < 1.29 is 9.90 Å². The fraction of sp³-hybridized carbons (Fsp3) is 0.312. The lowest BCUT2D eigenvalue weighted by molar-refractivity contribution is 0.0685. The summed E-state index contributed by atoms with van der Waals surface area (Å²) in [7, 11) is 0. The number of hydrogen-bond donors (Lipinski definition) is 1. The van der Waals surface area contributed by atoms with Gasteiger partial charge in [0, 0.05) is 22.8 Å².